The number of hydrogen-bond donors (Lipinski definition) is 4. The van der Waals surface area contributed by atoms with Crippen molar-refractivity contribution in [2.24, 2.45) is 21.7 Å². The van der Waals surface area contributed by atoms with Crippen LogP contribution < -0.4 is 22.9 Å². The summed E-state index contributed by atoms with van der Waals surface area (Å²) < 4.78 is 0. The summed E-state index contributed by atoms with van der Waals surface area (Å²) in [5.74, 6) is 0. The molecule has 0 aromatic heterocycles. The molecule has 2 rings (SSSR count). The van der Waals surface area contributed by atoms with Gasteiger partial charge in [-0.25, -0.2) is 0 Å². The van der Waals surface area contributed by atoms with Gasteiger partial charge in [0.05, 0.1) is 19.7 Å². The average molecular weight is 514 g/mol. The molecular formula is C12H10N12O12. The van der Waals surface area contributed by atoms with Crippen LogP contribution in [-0.4, -0.2) is 41.2 Å². The van der Waals surface area contributed by atoms with E-state index in [4.69, 9.17) is 22.9 Å². The van der Waals surface area contributed by atoms with Crippen LogP contribution in [0.2, 0.25) is 0 Å². The van der Waals surface area contributed by atoms with Crippen molar-refractivity contribution in [3.63, 3.8) is 0 Å². The molecule has 1 aromatic carbocycles. The van der Waals surface area contributed by atoms with Crippen molar-refractivity contribution in [1.82, 2.24) is 0 Å². The number of nitrogens with zero attached hydrogens (tertiary/aromatic N) is 8. The van der Waals surface area contributed by atoms with E-state index in [9.17, 15) is 60.7 Å². The number of nitro benzene ring substituents is 2. The molecule has 0 spiro atoms. The number of anilines is 2. The highest BCUT2D eigenvalue weighted by molar-refractivity contribution is 5.88. The number of benzene rings is 1. The zero-order valence-electron chi connectivity index (χ0n) is 16.9. The van der Waals surface area contributed by atoms with E-state index in [-0.39, 0.29) is 0 Å². The second-order valence-corrected chi connectivity index (χ2v) is 6.54. The second-order valence-electron chi connectivity index (χ2n) is 6.54. The molecule has 0 saturated heterocycles. The molecule has 24 heteroatoms. The Balaban J connectivity index is 3.01. The van der Waals surface area contributed by atoms with Crippen LogP contribution in [0.5, 0.6) is 0 Å². The molecule has 1 aliphatic rings. The van der Waals surface area contributed by atoms with E-state index in [1.54, 1.807) is 0 Å². The fraction of sp³-hybridized carbons (Fsp3) is 0.167. The molecule has 1 atom stereocenters. The Morgan fingerprint density at radius 3 is 1.64 bits per heavy atom. The summed E-state index contributed by atoms with van der Waals surface area (Å²) in [5, 5.41) is 75.3. The van der Waals surface area contributed by atoms with Gasteiger partial charge in [0.1, 0.15) is 15.5 Å². The molecule has 0 heterocycles. The van der Waals surface area contributed by atoms with Crippen LogP contribution in [0.1, 0.15) is 0 Å². The van der Waals surface area contributed by atoms with Gasteiger partial charge in [-0.3, -0.25) is 60.7 Å². The van der Waals surface area contributed by atoms with Crippen LogP contribution in [-0.2, 0) is 0 Å². The number of rotatable bonds is 8. The molecule has 8 N–H and O–H groups in total. The van der Waals surface area contributed by atoms with E-state index < -0.39 is 92.5 Å². The highest BCUT2D eigenvalue weighted by Crippen LogP contribution is 2.45. The monoisotopic (exact) mass is 514 g/mol. The normalized spacial score (nSPS) is 17.2. The summed E-state index contributed by atoms with van der Waals surface area (Å²) in [6.45, 7) is 0. The Morgan fingerprint density at radius 1 is 0.750 bits per heavy atom. The number of nitrogens with two attached hydrogens (primary N) is 4. The zero-order chi connectivity index (χ0) is 27.9. The van der Waals surface area contributed by atoms with E-state index in [2.05, 4.69) is 10.2 Å². The second kappa shape index (κ2) is 8.68. The lowest BCUT2D eigenvalue weighted by molar-refractivity contribution is -0.789. The van der Waals surface area contributed by atoms with E-state index in [1.807, 2.05) is 0 Å². The number of azo groups is 1. The van der Waals surface area contributed by atoms with Gasteiger partial charge < -0.3 is 22.9 Å². The molecule has 1 aliphatic carbocycles. The van der Waals surface area contributed by atoms with Crippen molar-refractivity contribution in [3.05, 3.63) is 89.5 Å². The first kappa shape index (κ1) is 26.2. The first-order valence-corrected chi connectivity index (χ1v) is 8.52. The molecule has 0 fully saturated rings. The molecule has 0 amide bonds. The molecule has 24 nitrogen and oxygen atoms in total. The maximum absolute atomic E-state index is 11.8. The third-order valence-corrected chi connectivity index (χ3v) is 4.72. The standard InChI is InChI=1S/C12H10N12O12/c13-2-1-3(7(20(27)28)4(14)6(2)19(25)26)17-18-11-9(22(31)32)5(15)8(21(29)30)10(16)12(11,23(33)34)24(35)36/h1,11H,13-16H2. The molecule has 1 unspecified atom stereocenters. The summed E-state index contributed by atoms with van der Waals surface area (Å²) in [6.07, 6.45) is 0. The first-order chi connectivity index (χ1) is 16.5. The van der Waals surface area contributed by atoms with Gasteiger partial charge in [0.25, 0.3) is 0 Å². The van der Waals surface area contributed by atoms with Gasteiger partial charge in [0.15, 0.2) is 17.1 Å². The summed E-state index contributed by atoms with van der Waals surface area (Å²) in [7, 11) is 0. The van der Waals surface area contributed by atoms with E-state index in [1.165, 1.54) is 0 Å². The predicted molar refractivity (Wildman–Crippen MR) is 110 cm³/mol. The highest BCUT2D eigenvalue weighted by Gasteiger charge is 2.76. The summed E-state index contributed by atoms with van der Waals surface area (Å²) in [5.41, 5.74) is 5.10. The van der Waals surface area contributed by atoms with Crippen molar-refractivity contribution >= 4 is 28.4 Å². The van der Waals surface area contributed by atoms with Crippen LogP contribution in [0.15, 0.2) is 39.1 Å². The number of hydrogen-bond acceptors (Lipinski definition) is 18. The smallest absolute Gasteiger partial charge is 0.393 e. The molecule has 36 heavy (non-hydrogen) atoms. The van der Waals surface area contributed by atoms with Crippen molar-refractivity contribution in [1.29, 1.82) is 0 Å². The Labute approximate surface area is 193 Å². The Kier molecular flexibility index (Phi) is 6.31. The third-order valence-electron chi connectivity index (χ3n) is 4.72. The van der Waals surface area contributed by atoms with Crippen molar-refractivity contribution < 1.29 is 29.5 Å². The van der Waals surface area contributed by atoms with Gasteiger partial charge in [-0.05, 0) is 0 Å². The molecule has 190 valence electrons. The molecule has 0 radical (unpaired) electrons. The minimum absolute atomic E-state index is 0.430. The number of nitro groups is 6. The first-order valence-electron chi connectivity index (χ1n) is 8.52. The van der Waals surface area contributed by atoms with Crippen LogP contribution in [0, 0.1) is 60.7 Å². The lowest BCUT2D eigenvalue weighted by atomic mass is 9.87. The van der Waals surface area contributed by atoms with Gasteiger partial charge in [-0.2, -0.15) is 5.11 Å². The quantitative estimate of drug-likeness (QED) is 0.109. The minimum atomic E-state index is -4.14. The maximum Gasteiger partial charge on any atom is 0.538 e. The Bertz CT molecular complexity index is 1350. The minimum Gasteiger partial charge on any atom is -0.393 e. The average Bonchev–Trinajstić information content (AvgIpc) is 2.69. The highest BCUT2D eigenvalue weighted by atomic mass is 16.7. The zero-order valence-corrected chi connectivity index (χ0v) is 16.9. The van der Waals surface area contributed by atoms with Crippen molar-refractivity contribution in [2.45, 2.75) is 11.7 Å². The van der Waals surface area contributed by atoms with Crippen molar-refractivity contribution in [3.8, 4) is 0 Å². The predicted octanol–water partition coefficient (Wildman–Crippen LogP) is -0.723. The molecule has 1 aromatic rings. The van der Waals surface area contributed by atoms with E-state index in [0.29, 0.717) is 6.07 Å². The number of nitrogen functional groups attached to an aromatic ring is 2. The van der Waals surface area contributed by atoms with Gasteiger partial charge in [-0.15, -0.1) is 5.11 Å². The van der Waals surface area contributed by atoms with Gasteiger partial charge in [0, 0.05) is 6.07 Å². The molecule has 0 saturated carbocycles. The van der Waals surface area contributed by atoms with Gasteiger partial charge >= 0.3 is 34.5 Å². The van der Waals surface area contributed by atoms with E-state index in [0.717, 1.165) is 0 Å². The van der Waals surface area contributed by atoms with Crippen LogP contribution in [0.4, 0.5) is 28.4 Å². The van der Waals surface area contributed by atoms with Crippen LogP contribution in [0.25, 0.3) is 0 Å². The summed E-state index contributed by atoms with van der Waals surface area (Å²) in [6, 6.07) is -2.61. The fourth-order valence-electron chi connectivity index (χ4n) is 3.20. The topological polar surface area (TPSA) is 388 Å². The molecular weight excluding hydrogens is 504 g/mol. The van der Waals surface area contributed by atoms with Crippen molar-refractivity contribution in [2.75, 3.05) is 11.5 Å². The summed E-state index contributed by atoms with van der Waals surface area (Å²) >= 11 is 0. The maximum atomic E-state index is 11.8. The molecule has 0 bridgehead atoms. The van der Waals surface area contributed by atoms with Gasteiger partial charge in [0.2, 0.25) is 5.70 Å². The Hall–Kier alpha value is -6.10. The van der Waals surface area contributed by atoms with Crippen LogP contribution >= 0.6 is 0 Å². The largest absolute Gasteiger partial charge is 0.538 e. The SMILES string of the molecule is NC1=C([N+](=O)[O-])C(N=Nc2cc(N)c([N+](=O)[O-])c(N)c2[N+](=O)[O-])C([N+](=O)[O-])([N+](=O)[O-])C(N)=C1[N+](=O)[O-]. The fourth-order valence-corrected chi connectivity index (χ4v) is 3.20. The third kappa shape index (κ3) is 3.60. The summed E-state index contributed by atoms with van der Waals surface area (Å²) in [4.78, 5) is 59.8. The Morgan fingerprint density at radius 2 is 1.25 bits per heavy atom. The van der Waals surface area contributed by atoms with Gasteiger partial charge in [-0.1, -0.05) is 0 Å². The lowest BCUT2D eigenvalue weighted by Gasteiger charge is -2.24. The molecule has 0 aliphatic heterocycles. The van der Waals surface area contributed by atoms with Crippen LogP contribution in [0.3, 0.4) is 0 Å². The lowest BCUT2D eigenvalue weighted by Crippen LogP contribution is -2.62. The van der Waals surface area contributed by atoms with E-state index >= 15 is 0 Å².